The van der Waals surface area contributed by atoms with Gasteiger partial charge in [-0.05, 0) is 12.1 Å². The molecule has 0 unspecified atom stereocenters. The fourth-order valence-electron chi connectivity index (χ4n) is 2.92. The van der Waals surface area contributed by atoms with Crippen LogP contribution in [0.2, 0.25) is 0 Å². The summed E-state index contributed by atoms with van der Waals surface area (Å²) >= 11 is 0. The normalized spacial score (nSPS) is 14.4. The molecule has 1 aromatic heterocycles. The van der Waals surface area contributed by atoms with E-state index in [2.05, 4.69) is 5.10 Å². The van der Waals surface area contributed by atoms with Crippen molar-refractivity contribution in [2.45, 2.75) is 0 Å². The molecule has 0 aliphatic carbocycles. The fraction of sp³-hybridized carbons (Fsp3) is 0.294. The van der Waals surface area contributed by atoms with Gasteiger partial charge in [0.1, 0.15) is 17.1 Å². The molecule has 1 N–H and O–H groups in total. The number of aromatic carboxylic acids is 1. The highest BCUT2D eigenvalue weighted by Crippen LogP contribution is 2.16. The van der Waals surface area contributed by atoms with Gasteiger partial charge >= 0.3 is 5.97 Å². The molecular formula is C17H17FN4O4. The number of carbonyl (C=O) groups excluding carboxylic acids is 2. The van der Waals surface area contributed by atoms with Crippen LogP contribution in [0, 0.1) is 5.82 Å². The lowest BCUT2D eigenvalue weighted by Crippen LogP contribution is -2.51. The summed E-state index contributed by atoms with van der Waals surface area (Å²) in [5, 5.41) is 13.0. The Morgan fingerprint density at radius 1 is 1.00 bits per heavy atom. The minimum absolute atomic E-state index is 0.00734. The molecule has 3 rings (SSSR count). The van der Waals surface area contributed by atoms with Crippen LogP contribution in [-0.2, 0) is 7.05 Å². The van der Waals surface area contributed by atoms with E-state index in [0.29, 0.717) is 0 Å². The van der Waals surface area contributed by atoms with E-state index in [1.54, 1.807) is 6.07 Å². The van der Waals surface area contributed by atoms with Gasteiger partial charge in [0.05, 0.1) is 11.8 Å². The van der Waals surface area contributed by atoms with Crippen LogP contribution in [0.4, 0.5) is 4.39 Å². The molecule has 0 atom stereocenters. The van der Waals surface area contributed by atoms with Crippen molar-refractivity contribution >= 4 is 17.8 Å². The predicted octanol–water partition coefficient (Wildman–Crippen LogP) is 0.856. The van der Waals surface area contributed by atoms with E-state index in [1.165, 1.54) is 39.7 Å². The number of carbonyl (C=O) groups is 3. The third-order valence-electron chi connectivity index (χ3n) is 4.33. The highest BCUT2D eigenvalue weighted by Gasteiger charge is 2.30. The molecule has 1 saturated heterocycles. The standard InChI is InChI=1S/C17H17FN4O4/c1-20-14(12(10-19-20)17(25)26)16(24)22-8-6-21(7-9-22)15(23)11-4-2-3-5-13(11)18/h2-5,10H,6-9H2,1H3,(H,25,26). The molecule has 9 heteroatoms. The van der Waals surface area contributed by atoms with Crippen molar-refractivity contribution in [3.05, 3.63) is 53.1 Å². The number of rotatable bonds is 3. The topological polar surface area (TPSA) is 95.7 Å². The molecule has 2 amide bonds. The monoisotopic (exact) mass is 360 g/mol. The van der Waals surface area contributed by atoms with Crippen molar-refractivity contribution in [1.82, 2.24) is 19.6 Å². The fourth-order valence-corrected chi connectivity index (χ4v) is 2.92. The molecule has 0 spiro atoms. The Morgan fingerprint density at radius 3 is 2.15 bits per heavy atom. The predicted molar refractivity (Wildman–Crippen MR) is 88.4 cm³/mol. The number of hydrogen-bond acceptors (Lipinski definition) is 4. The van der Waals surface area contributed by atoms with Gasteiger partial charge in [0.2, 0.25) is 0 Å². The number of benzene rings is 1. The van der Waals surface area contributed by atoms with E-state index in [0.717, 1.165) is 6.20 Å². The Labute approximate surface area is 148 Å². The number of aromatic nitrogens is 2. The van der Waals surface area contributed by atoms with Gasteiger partial charge in [0, 0.05) is 33.2 Å². The molecule has 0 radical (unpaired) electrons. The van der Waals surface area contributed by atoms with Crippen LogP contribution in [-0.4, -0.2) is 68.6 Å². The zero-order chi connectivity index (χ0) is 18.8. The Bertz CT molecular complexity index is 871. The molecule has 8 nitrogen and oxygen atoms in total. The third kappa shape index (κ3) is 3.15. The lowest BCUT2D eigenvalue weighted by molar-refractivity contribution is 0.0523. The van der Waals surface area contributed by atoms with Crippen LogP contribution in [0.5, 0.6) is 0 Å². The number of nitrogens with zero attached hydrogens (tertiary/aromatic N) is 4. The van der Waals surface area contributed by atoms with Gasteiger partial charge in [-0.2, -0.15) is 5.10 Å². The maximum atomic E-state index is 13.8. The van der Waals surface area contributed by atoms with Crippen molar-refractivity contribution in [2.75, 3.05) is 26.2 Å². The molecule has 2 heterocycles. The Balaban J connectivity index is 1.70. The van der Waals surface area contributed by atoms with Crippen LogP contribution >= 0.6 is 0 Å². The van der Waals surface area contributed by atoms with Crippen molar-refractivity contribution in [1.29, 1.82) is 0 Å². The van der Waals surface area contributed by atoms with Gasteiger partial charge in [-0.3, -0.25) is 14.3 Å². The number of piperazine rings is 1. The van der Waals surface area contributed by atoms with Crippen molar-refractivity contribution in [2.24, 2.45) is 7.05 Å². The largest absolute Gasteiger partial charge is 0.478 e. The SMILES string of the molecule is Cn1ncc(C(=O)O)c1C(=O)N1CCN(C(=O)c2ccccc2F)CC1. The summed E-state index contributed by atoms with van der Waals surface area (Å²) in [5.41, 5.74) is -0.180. The Kier molecular flexibility index (Phi) is 4.70. The molecule has 0 bridgehead atoms. The second-order valence-electron chi connectivity index (χ2n) is 5.90. The molecule has 0 saturated carbocycles. The van der Waals surface area contributed by atoms with Gasteiger partial charge in [0.15, 0.2) is 0 Å². The first kappa shape index (κ1) is 17.6. The van der Waals surface area contributed by atoms with Crippen LogP contribution in [0.1, 0.15) is 31.2 Å². The second kappa shape index (κ2) is 6.95. The molecule has 2 aromatic rings. The average Bonchev–Trinajstić information content (AvgIpc) is 3.03. The molecule has 1 fully saturated rings. The summed E-state index contributed by atoms with van der Waals surface area (Å²) in [4.78, 5) is 39.2. The van der Waals surface area contributed by atoms with Gasteiger partial charge in [-0.25, -0.2) is 9.18 Å². The smallest absolute Gasteiger partial charge is 0.339 e. The van der Waals surface area contributed by atoms with Crippen LogP contribution in [0.25, 0.3) is 0 Å². The molecule has 1 aliphatic heterocycles. The molecule has 1 aliphatic rings. The number of aryl methyl sites for hydroxylation is 1. The van der Waals surface area contributed by atoms with Gasteiger partial charge < -0.3 is 14.9 Å². The summed E-state index contributed by atoms with van der Waals surface area (Å²) in [7, 11) is 1.50. The van der Waals surface area contributed by atoms with E-state index in [4.69, 9.17) is 0 Å². The van der Waals surface area contributed by atoms with E-state index in [1.807, 2.05) is 0 Å². The summed E-state index contributed by atoms with van der Waals surface area (Å²) in [6.45, 7) is 0.921. The summed E-state index contributed by atoms with van der Waals surface area (Å²) in [6, 6.07) is 5.75. The van der Waals surface area contributed by atoms with Crippen LogP contribution in [0.3, 0.4) is 0 Å². The Hall–Kier alpha value is -3.23. The number of carboxylic acids is 1. The number of hydrogen-bond donors (Lipinski definition) is 1. The highest BCUT2D eigenvalue weighted by molar-refractivity contribution is 6.03. The number of halogens is 1. The van der Waals surface area contributed by atoms with Gasteiger partial charge in [-0.1, -0.05) is 12.1 Å². The van der Waals surface area contributed by atoms with Crippen LogP contribution < -0.4 is 0 Å². The number of carboxylic acid groups (broad SMARTS) is 1. The van der Waals surface area contributed by atoms with Crippen molar-refractivity contribution < 1.29 is 23.9 Å². The molecule has 136 valence electrons. The van der Waals surface area contributed by atoms with Gasteiger partial charge in [0.25, 0.3) is 11.8 Å². The van der Waals surface area contributed by atoms with Gasteiger partial charge in [-0.15, -0.1) is 0 Å². The van der Waals surface area contributed by atoms with E-state index < -0.39 is 23.6 Å². The third-order valence-corrected chi connectivity index (χ3v) is 4.33. The summed E-state index contributed by atoms with van der Waals surface area (Å²) in [6.07, 6.45) is 1.13. The minimum atomic E-state index is -1.23. The van der Waals surface area contributed by atoms with Crippen molar-refractivity contribution in [3.63, 3.8) is 0 Å². The molecule has 26 heavy (non-hydrogen) atoms. The van der Waals surface area contributed by atoms with E-state index in [-0.39, 0.29) is 43.0 Å². The summed E-state index contributed by atoms with van der Waals surface area (Å²) < 4.78 is 15.0. The molecule has 1 aromatic carbocycles. The zero-order valence-corrected chi connectivity index (χ0v) is 14.1. The number of amides is 2. The van der Waals surface area contributed by atoms with E-state index >= 15 is 0 Å². The Morgan fingerprint density at radius 2 is 1.58 bits per heavy atom. The maximum Gasteiger partial charge on any atom is 0.339 e. The summed E-state index contributed by atoms with van der Waals surface area (Å²) in [5.74, 6) is -2.70. The highest BCUT2D eigenvalue weighted by atomic mass is 19.1. The first-order chi connectivity index (χ1) is 12.4. The molecular weight excluding hydrogens is 343 g/mol. The first-order valence-corrected chi connectivity index (χ1v) is 7.98. The first-order valence-electron chi connectivity index (χ1n) is 7.98. The second-order valence-corrected chi connectivity index (χ2v) is 5.90. The lowest BCUT2D eigenvalue weighted by Gasteiger charge is -2.34. The average molecular weight is 360 g/mol. The lowest BCUT2D eigenvalue weighted by atomic mass is 10.1. The minimum Gasteiger partial charge on any atom is -0.478 e. The zero-order valence-electron chi connectivity index (χ0n) is 14.1. The van der Waals surface area contributed by atoms with Crippen LogP contribution in [0.15, 0.2) is 30.5 Å². The quantitative estimate of drug-likeness (QED) is 0.876. The van der Waals surface area contributed by atoms with Crippen molar-refractivity contribution in [3.8, 4) is 0 Å². The maximum absolute atomic E-state index is 13.8. The van der Waals surface area contributed by atoms with E-state index in [9.17, 15) is 23.9 Å².